The Balaban J connectivity index is 1.89. The van der Waals surface area contributed by atoms with E-state index in [0.717, 1.165) is 22.2 Å². The molecule has 5 rings (SSSR count). The first-order valence-electron chi connectivity index (χ1n) is 9.23. The van der Waals surface area contributed by atoms with Crippen LogP contribution in [0.4, 0.5) is 0 Å². The number of methoxy groups -OCH3 is 1. The molecule has 0 spiro atoms. The molecule has 1 fully saturated rings. The highest BCUT2D eigenvalue weighted by Gasteiger charge is 2.55. The van der Waals surface area contributed by atoms with Gasteiger partial charge in [0.2, 0.25) is 5.43 Å². The molecule has 0 unspecified atom stereocenters. The van der Waals surface area contributed by atoms with Gasteiger partial charge in [-0.15, -0.1) is 0 Å². The molecule has 3 aromatic rings. The minimum atomic E-state index is -0.932. The van der Waals surface area contributed by atoms with Crippen molar-refractivity contribution < 1.29 is 14.6 Å². The second-order valence-corrected chi connectivity index (χ2v) is 7.36. The fourth-order valence-corrected chi connectivity index (χ4v) is 4.84. The summed E-state index contributed by atoms with van der Waals surface area (Å²) >= 11 is 0. The van der Waals surface area contributed by atoms with Crippen LogP contribution in [0.3, 0.4) is 0 Å². The van der Waals surface area contributed by atoms with Crippen molar-refractivity contribution in [2.75, 3.05) is 7.11 Å². The highest BCUT2D eigenvalue weighted by Crippen LogP contribution is 2.56. The van der Waals surface area contributed by atoms with Crippen LogP contribution in [0.25, 0.3) is 10.9 Å². The molecule has 3 atom stereocenters. The molecule has 138 valence electrons. The van der Waals surface area contributed by atoms with Gasteiger partial charge in [-0.1, -0.05) is 36.4 Å². The molecular weight excluding hydrogens is 342 g/mol. The Morgan fingerprint density at radius 1 is 1.19 bits per heavy atom. The molecule has 2 aliphatic rings. The molecule has 0 aliphatic carbocycles. The predicted molar refractivity (Wildman–Crippen MR) is 102 cm³/mol. The number of H-pyrrole nitrogens is 1. The summed E-state index contributed by atoms with van der Waals surface area (Å²) in [5.74, 6) is 0.326. The Morgan fingerprint density at radius 2 is 1.96 bits per heavy atom. The van der Waals surface area contributed by atoms with Crippen molar-refractivity contribution in [3.63, 3.8) is 0 Å². The molecule has 27 heavy (non-hydrogen) atoms. The zero-order chi connectivity index (χ0) is 18.8. The normalized spacial score (nSPS) is 26.2. The number of aryl methyl sites for hydroxylation is 1. The van der Waals surface area contributed by atoms with E-state index >= 15 is 0 Å². The lowest BCUT2D eigenvalue weighted by Gasteiger charge is -2.39. The maximum atomic E-state index is 13.2. The summed E-state index contributed by atoms with van der Waals surface area (Å²) in [5, 5.41) is 11.6. The Morgan fingerprint density at radius 3 is 2.70 bits per heavy atom. The van der Waals surface area contributed by atoms with Crippen LogP contribution in [0, 0.1) is 6.92 Å². The van der Waals surface area contributed by atoms with Crippen LogP contribution in [-0.4, -0.2) is 23.3 Å². The maximum absolute atomic E-state index is 13.2. The number of rotatable bonds is 2. The molecule has 2 aromatic carbocycles. The summed E-state index contributed by atoms with van der Waals surface area (Å²) < 4.78 is 11.8. The molecule has 2 bridgehead atoms. The van der Waals surface area contributed by atoms with Crippen molar-refractivity contribution in [2.45, 2.75) is 37.6 Å². The van der Waals surface area contributed by atoms with Gasteiger partial charge in [-0.05, 0) is 37.0 Å². The number of benzene rings is 2. The van der Waals surface area contributed by atoms with E-state index in [1.807, 2.05) is 49.4 Å². The minimum absolute atomic E-state index is 0.130. The number of aliphatic hydroxyl groups is 1. The summed E-state index contributed by atoms with van der Waals surface area (Å²) in [5.41, 5.74) is 3.09. The fraction of sp³-hybridized carbons (Fsp3) is 0.318. The van der Waals surface area contributed by atoms with Crippen LogP contribution in [0.1, 0.15) is 41.3 Å². The Bertz CT molecular complexity index is 1100. The molecule has 0 radical (unpaired) electrons. The number of hydrogen-bond acceptors (Lipinski definition) is 4. The van der Waals surface area contributed by atoms with E-state index in [1.165, 1.54) is 7.11 Å². The van der Waals surface area contributed by atoms with Gasteiger partial charge in [0.25, 0.3) is 0 Å². The average molecular weight is 363 g/mol. The Labute approximate surface area is 156 Å². The van der Waals surface area contributed by atoms with E-state index in [4.69, 9.17) is 9.47 Å². The number of hydrogen-bond donors (Lipinski definition) is 2. The molecule has 2 aliphatic heterocycles. The van der Waals surface area contributed by atoms with Gasteiger partial charge in [-0.3, -0.25) is 4.79 Å². The van der Waals surface area contributed by atoms with Crippen LogP contribution in [0.15, 0.2) is 47.3 Å². The lowest BCUT2D eigenvalue weighted by atomic mass is 9.80. The number of aromatic amines is 1. The standard InChI is InChI=1S/C22H21NO4/c1-12-21(26-2)20(25)19-15(23-12)9-8-14-18(19)16-10-11-17(24)22(14,27-16)13-6-4-3-5-7-13/h3-9,16-17,24H,10-11H2,1-2H3,(H,23,25)/t16-,17-,22-/m0/s1. The number of aromatic nitrogens is 1. The molecule has 5 heteroatoms. The van der Waals surface area contributed by atoms with E-state index in [0.29, 0.717) is 29.7 Å². The number of fused-ring (bicyclic) bond motifs is 7. The zero-order valence-corrected chi connectivity index (χ0v) is 15.3. The van der Waals surface area contributed by atoms with E-state index in [1.54, 1.807) is 0 Å². The van der Waals surface area contributed by atoms with Gasteiger partial charge < -0.3 is 19.6 Å². The third-order valence-electron chi connectivity index (χ3n) is 5.97. The Hall–Kier alpha value is -2.63. The molecule has 1 aromatic heterocycles. The second-order valence-electron chi connectivity index (χ2n) is 7.36. The Kier molecular flexibility index (Phi) is 3.48. The maximum Gasteiger partial charge on any atom is 0.231 e. The van der Waals surface area contributed by atoms with Crippen molar-refractivity contribution in [3.05, 3.63) is 75.1 Å². The molecule has 3 heterocycles. The zero-order valence-electron chi connectivity index (χ0n) is 15.3. The van der Waals surface area contributed by atoms with Gasteiger partial charge in [0, 0.05) is 5.56 Å². The molecule has 1 saturated heterocycles. The van der Waals surface area contributed by atoms with Crippen molar-refractivity contribution in [2.24, 2.45) is 0 Å². The van der Waals surface area contributed by atoms with Gasteiger partial charge in [-0.25, -0.2) is 0 Å². The van der Waals surface area contributed by atoms with Crippen molar-refractivity contribution in [1.29, 1.82) is 0 Å². The highest BCUT2D eigenvalue weighted by atomic mass is 16.5. The van der Waals surface area contributed by atoms with Gasteiger partial charge >= 0.3 is 0 Å². The fourth-order valence-electron chi connectivity index (χ4n) is 4.84. The lowest BCUT2D eigenvalue weighted by Crippen LogP contribution is -2.43. The van der Waals surface area contributed by atoms with Crippen LogP contribution >= 0.6 is 0 Å². The van der Waals surface area contributed by atoms with Gasteiger partial charge in [0.05, 0.1) is 35.9 Å². The third-order valence-corrected chi connectivity index (χ3v) is 5.97. The SMILES string of the molecule is COc1c(C)[nH]c2ccc3c(c2c1=O)[C@@H]1CC[C@H](O)[C@@]3(c2ccccc2)O1. The van der Waals surface area contributed by atoms with E-state index < -0.39 is 11.7 Å². The van der Waals surface area contributed by atoms with Crippen molar-refractivity contribution in [1.82, 2.24) is 4.98 Å². The monoisotopic (exact) mass is 363 g/mol. The molecular formula is C22H21NO4. The molecule has 0 amide bonds. The van der Waals surface area contributed by atoms with Crippen molar-refractivity contribution in [3.8, 4) is 5.75 Å². The summed E-state index contributed by atoms with van der Waals surface area (Å²) in [4.78, 5) is 16.5. The predicted octanol–water partition coefficient (Wildman–Crippen LogP) is 3.31. The summed E-state index contributed by atoms with van der Waals surface area (Å²) in [6.45, 7) is 1.83. The second kappa shape index (κ2) is 5.68. The largest absolute Gasteiger partial charge is 0.491 e. The van der Waals surface area contributed by atoms with E-state index in [-0.39, 0.29) is 11.5 Å². The van der Waals surface area contributed by atoms with Gasteiger partial charge in [-0.2, -0.15) is 0 Å². The average Bonchev–Trinajstić information content (AvgIpc) is 2.97. The summed E-state index contributed by atoms with van der Waals surface area (Å²) in [6.07, 6.45) is 0.413. The van der Waals surface area contributed by atoms with Crippen LogP contribution < -0.4 is 10.2 Å². The summed E-state index contributed by atoms with van der Waals surface area (Å²) in [7, 11) is 1.51. The smallest absolute Gasteiger partial charge is 0.231 e. The van der Waals surface area contributed by atoms with E-state index in [9.17, 15) is 9.90 Å². The quantitative estimate of drug-likeness (QED) is 0.733. The van der Waals surface area contributed by atoms with Crippen LogP contribution in [0.2, 0.25) is 0 Å². The first kappa shape index (κ1) is 16.5. The van der Waals surface area contributed by atoms with Gasteiger partial charge in [0.1, 0.15) is 5.60 Å². The highest BCUT2D eigenvalue weighted by molar-refractivity contribution is 5.87. The number of aliphatic hydroxyl groups excluding tert-OH is 1. The number of nitrogens with one attached hydrogen (secondary N) is 1. The first-order chi connectivity index (χ1) is 13.1. The van der Waals surface area contributed by atoms with E-state index in [2.05, 4.69) is 4.98 Å². The molecule has 0 saturated carbocycles. The van der Waals surface area contributed by atoms with Crippen molar-refractivity contribution >= 4 is 10.9 Å². The lowest BCUT2D eigenvalue weighted by molar-refractivity contribution is -0.155. The van der Waals surface area contributed by atoms with Gasteiger partial charge in [0.15, 0.2) is 5.75 Å². The summed E-state index contributed by atoms with van der Waals surface area (Å²) in [6, 6.07) is 13.7. The van der Waals surface area contributed by atoms with Crippen LogP contribution in [-0.2, 0) is 10.3 Å². The number of ether oxygens (including phenoxy) is 2. The third kappa shape index (κ3) is 2.04. The topological polar surface area (TPSA) is 71.6 Å². The molecule has 2 N–H and O–H groups in total. The number of pyridine rings is 1. The first-order valence-corrected chi connectivity index (χ1v) is 9.23. The molecule has 5 nitrogen and oxygen atoms in total. The minimum Gasteiger partial charge on any atom is -0.491 e. The van der Waals surface area contributed by atoms with Crippen LogP contribution in [0.5, 0.6) is 5.75 Å².